The summed E-state index contributed by atoms with van der Waals surface area (Å²) in [6.45, 7) is 1.63. The maximum absolute atomic E-state index is 11.7. The molecule has 1 amide bonds. The van der Waals surface area contributed by atoms with Crippen LogP contribution in [0, 0.1) is 6.92 Å². The first-order valence-corrected chi connectivity index (χ1v) is 20.1. The number of hydrogen-bond acceptors (Lipinski definition) is 15. The van der Waals surface area contributed by atoms with E-state index >= 15 is 0 Å². The van der Waals surface area contributed by atoms with Crippen LogP contribution in [0.1, 0.15) is 7.12 Å². The Kier molecular flexibility index (Phi) is 13.7. The van der Waals surface area contributed by atoms with Gasteiger partial charge in [-0.3, -0.25) is 5.32 Å². The van der Waals surface area contributed by atoms with Gasteiger partial charge < -0.3 is 25.2 Å². The van der Waals surface area contributed by atoms with Crippen LogP contribution in [0.4, 0.5) is 33.2 Å². The van der Waals surface area contributed by atoms with E-state index in [2.05, 4.69) is 35.6 Å². The fraction of sp³-hybridized carbons (Fsp3) is 0.111. The molecule has 6 rings (SSSR count). The second-order valence-electron chi connectivity index (χ2n) is 11.8. The van der Waals surface area contributed by atoms with Crippen molar-refractivity contribution in [2.75, 3.05) is 24.9 Å². The van der Waals surface area contributed by atoms with Crippen molar-refractivity contribution in [1.29, 1.82) is 0 Å². The van der Waals surface area contributed by atoms with E-state index in [0.29, 0.717) is 32.9 Å². The van der Waals surface area contributed by atoms with Gasteiger partial charge in [-0.2, -0.15) is 9.78 Å². The normalized spacial score (nSPS) is 11.6. The van der Waals surface area contributed by atoms with Crippen molar-refractivity contribution < 1.29 is 65.6 Å². The first-order chi connectivity index (χ1) is 26.4. The maximum Gasteiger partial charge on any atom is 1.00 e. The number of benzene rings is 5. The molecule has 0 aliphatic rings. The molecule has 1 heterocycles. The quantitative estimate of drug-likeness (QED) is 0.0907. The van der Waals surface area contributed by atoms with E-state index in [1.165, 1.54) is 54.3 Å². The van der Waals surface area contributed by atoms with Crippen molar-refractivity contribution in [3.63, 3.8) is 0 Å². The second kappa shape index (κ2) is 17.8. The molecule has 296 valence electrons. The van der Waals surface area contributed by atoms with Crippen LogP contribution in [-0.2, 0) is 41.8 Å². The molecule has 57 heavy (non-hydrogen) atoms. The van der Waals surface area contributed by atoms with Crippen molar-refractivity contribution in [3.05, 3.63) is 102 Å². The topological polar surface area (TPSA) is 255 Å². The summed E-state index contributed by atoms with van der Waals surface area (Å²) >= 11 is 5.96. The molecule has 0 aliphatic heterocycles. The standard InChI is InChI=1S/C19H17N3O6S.C17H15ClN4O4S.Cr/c1-28-19(25)20-13-5-3-4-11-6-8-16(24)18(17(11)13)22-21-14-10-12(29(2,26)27)7-9-15(14)23;1-10-16(17(24)22(21-10)12-5-3-4-11(18)8-12)20-19-14-9-13(27(2,25)26)6-7-15(14)23;/h3-10,23-24H,1-2H3,(H,20,25);3-9,23-24H,1-2H3;/p+1. The van der Waals surface area contributed by atoms with E-state index in [1.54, 1.807) is 55.5 Å². The maximum atomic E-state index is 11.7. The van der Waals surface area contributed by atoms with Gasteiger partial charge >= 0.3 is 7.52 Å². The molecular formula is C36H33ClCrN7O10S2+. The van der Waals surface area contributed by atoms with E-state index in [4.69, 9.17) is 11.6 Å². The Morgan fingerprint density at radius 1 is 0.754 bits per heavy atom. The molecule has 1 aromatic heterocycles. The van der Waals surface area contributed by atoms with E-state index in [9.17, 15) is 42.1 Å². The molecule has 5 aromatic carbocycles. The zero-order valence-corrected chi connectivity index (χ0v) is 33.8. The molecular weight excluding hydrogens is 842 g/mol. The predicted octanol–water partition coefficient (Wildman–Crippen LogP) is 8.42. The van der Waals surface area contributed by atoms with Crippen LogP contribution in [-0.4, -0.2) is 72.8 Å². The number of sulfone groups is 2. The summed E-state index contributed by atoms with van der Waals surface area (Å²) in [6.07, 6.45) is 1.37. The summed E-state index contributed by atoms with van der Waals surface area (Å²) in [4.78, 5) is 11.6. The van der Waals surface area contributed by atoms with Crippen LogP contribution in [0.15, 0.2) is 121 Å². The molecule has 0 unspecified atom stereocenters. The minimum Gasteiger partial charge on any atom is -0.506 e. The number of hydrogen-bond donors (Lipinski definition) is 5. The van der Waals surface area contributed by atoms with Gasteiger partial charge in [-0.15, -0.1) is 20.5 Å². The summed E-state index contributed by atoms with van der Waals surface area (Å²) in [5.74, 6) is -1.02. The van der Waals surface area contributed by atoms with E-state index < -0.39 is 25.8 Å². The van der Waals surface area contributed by atoms with Crippen LogP contribution in [0.3, 0.4) is 0 Å². The third-order valence-electron chi connectivity index (χ3n) is 7.74. The average Bonchev–Trinajstić information content (AvgIpc) is 3.42. The van der Waals surface area contributed by atoms with Crippen molar-refractivity contribution in [2.45, 2.75) is 16.7 Å². The summed E-state index contributed by atoms with van der Waals surface area (Å²) in [7, 11) is -5.76. The first kappa shape index (κ1) is 43.7. The number of phenols is 3. The van der Waals surface area contributed by atoms with Crippen LogP contribution in [0.2, 0.25) is 5.02 Å². The summed E-state index contributed by atoms with van der Waals surface area (Å²) in [6, 6.07) is 22.1. The Morgan fingerprint density at radius 3 is 1.84 bits per heavy atom. The molecule has 0 atom stereocenters. The van der Waals surface area contributed by atoms with Crippen LogP contribution < -0.4 is 5.32 Å². The van der Waals surface area contributed by atoms with Crippen molar-refractivity contribution in [2.24, 2.45) is 20.5 Å². The van der Waals surface area contributed by atoms with Gasteiger partial charge in [0, 0.05) is 40.3 Å². The number of fused-ring (bicyclic) bond motifs is 1. The number of nitrogens with zero attached hydrogens (tertiary/aromatic N) is 6. The summed E-state index contributed by atoms with van der Waals surface area (Å²) in [5.41, 5.74) is 1.21. The Bertz CT molecular complexity index is 2790. The van der Waals surface area contributed by atoms with E-state index in [1.807, 2.05) is 0 Å². The Balaban J connectivity index is 0.000000301. The molecule has 5 N–H and O–H groups in total. The minimum absolute atomic E-state index is 0. The number of amides is 1. The largest absolute Gasteiger partial charge is 1.00 e. The third kappa shape index (κ3) is 10.4. The number of azo groups is 2. The summed E-state index contributed by atoms with van der Waals surface area (Å²) < 4.78 is 52.6. The van der Waals surface area contributed by atoms with Gasteiger partial charge in [-0.25, -0.2) is 21.6 Å². The molecule has 0 saturated carbocycles. The minimum atomic E-state index is -3.51. The zero-order chi connectivity index (χ0) is 40.9. The molecule has 0 fully saturated rings. The van der Waals surface area contributed by atoms with Gasteiger partial charge in [0.2, 0.25) is 5.88 Å². The number of aromatic hydroxyl groups is 4. The zero-order valence-electron chi connectivity index (χ0n) is 31.2. The van der Waals surface area contributed by atoms with Gasteiger partial charge in [-0.05, 0) is 79.0 Å². The van der Waals surface area contributed by atoms with Gasteiger partial charge in [0.15, 0.2) is 25.4 Å². The number of phenolic OH excluding ortho intramolecular Hbond substituents is 3. The molecule has 21 heteroatoms. The smallest absolute Gasteiger partial charge is 0.506 e. The number of carbonyl (C=O) groups excluding carboxylic acids is 1. The van der Waals surface area contributed by atoms with Gasteiger partial charge in [-0.1, -0.05) is 35.9 Å². The number of rotatable bonds is 8. The fourth-order valence-corrected chi connectivity index (χ4v) is 6.43. The molecule has 0 radical (unpaired) electrons. The van der Waals surface area contributed by atoms with Crippen molar-refractivity contribution in [3.8, 4) is 28.8 Å². The number of nitrogens with one attached hydrogen (secondary N) is 1. The van der Waals surface area contributed by atoms with Gasteiger partial charge in [0.1, 0.15) is 34.3 Å². The number of halogens is 1. The molecule has 0 spiro atoms. The number of ether oxygens (including phenoxy) is 1. The fourth-order valence-electron chi connectivity index (χ4n) is 4.96. The Hall–Kier alpha value is -6.04. The predicted molar refractivity (Wildman–Crippen MR) is 209 cm³/mol. The SMILES string of the molecule is COC(=O)Nc1cccc2ccc(O)c(N=Nc3cc(S(C)(=O)=O)ccc3O)c12.Cc1nn(-c2cccc(Cl)c2)c(O)c1N=Nc1cc(S(C)(=O)=O)ccc1O.[Cr].[H+]. The second-order valence-corrected chi connectivity index (χ2v) is 16.3. The Morgan fingerprint density at radius 2 is 1.30 bits per heavy atom. The monoisotopic (exact) mass is 874 g/mol. The number of carbonyl (C=O) groups is 1. The van der Waals surface area contributed by atoms with E-state index in [0.717, 1.165) is 12.5 Å². The van der Waals surface area contributed by atoms with Gasteiger partial charge in [0.05, 0.1) is 34.0 Å². The third-order valence-corrected chi connectivity index (χ3v) is 10.2. The van der Waals surface area contributed by atoms with Gasteiger partial charge in [0.25, 0.3) is 0 Å². The van der Waals surface area contributed by atoms with Crippen molar-refractivity contribution in [1.82, 2.24) is 9.78 Å². The molecule has 0 saturated heterocycles. The molecule has 6 aromatic rings. The summed E-state index contributed by atoms with van der Waals surface area (Å²) in [5, 5.41) is 64.6. The first-order valence-electron chi connectivity index (χ1n) is 15.9. The molecule has 0 bridgehead atoms. The number of aryl methyl sites for hydroxylation is 1. The van der Waals surface area contributed by atoms with Crippen molar-refractivity contribution >= 4 is 76.6 Å². The number of aromatic nitrogens is 2. The average molecular weight is 875 g/mol. The molecule has 0 aliphatic carbocycles. The molecule has 17 nitrogen and oxygen atoms in total. The Labute approximate surface area is 343 Å². The van der Waals surface area contributed by atoms with Crippen LogP contribution in [0.5, 0.6) is 23.1 Å². The number of anilines is 1. The van der Waals surface area contributed by atoms with E-state index in [-0.39, 0.29) is 74.5 Å². The van der Waals surface area contributed by atoms with Crippen LogP contribution >= 0.6 is 11.6 Å². The number of methoxy groups -OCH3 is 1. The van der Waals surface area contributed by atoms with Crippen LogP contribution in [0.25, 0.3) is 16.5 Å².